The number of hydrogen-bond donors (Lipinski definition) is 1. The van der Waals surface area contributed by atoms with Crippen molar-refractivity contribution in [3.63, 3.8) is 0 Å². The van der Waals surface area contributed by atoms with Crippen LogP contribution in [0.3, 0.4) is 0 Å². The van der Waals surface area contributed by atoms with Crippen LogP contribution in [0.2, 0.25) is 0 Å². The van der Waals surface area contributed by atoms with Gasteiger partial charge in [0.25, 0.3) is 0 Å². The topological polar surface area (TPSA) is 32.5 Å². The summed E-state index contributed by atoms with van der Waals surface area (Å²) in [5, 5.41) is 0. The molecule has 1 aliphatic rings. The number of anilines is 4. The predicted octanol–water partition coefficient (Wildman–Crippen LogP) is 12.5. The Morgan fingerprint density at radius 3 is 2.22 bits per heavy atom. The highest BCUT2D eigenvalue weighted by Crippen LogP contribution is 2.38. The van der Waals surface area contributed by atoms with E-state index in [4.69, 9.17) is 5.73 Å². The van der Waals surface area contributed by atoms with E-state index in [0.29, 0.717) is 0 Å². The maximum absolute atomic E-state index is 5.37. The number of benzene rings is 4. The highest BCUT2D eigenvalue weighted by atomic mass is 15.2. The van der Waals surface area contributed by atoms with Crippen molar-refractivity contribution in [3.05, 3.63) is 235 Å². The summed E-state index contributed by atoms with van der Waals surface area (Å²) in [5.41, 5.74) is 17.7. The summed E-state index contributed by atoms with van der Waals surface area (Å²) in [7, 11) is 0. The Balaban J connectivity index is 1.44. The van der Waals surface area contributed by atoms with Gasteiger partial charge in [-0.15, -0.1) is 0 Å². The molecular weight excluding hydrogens is 619 g/mol. The quantitative estimate of drug-likeness (QED) is 0.162. The molecule has 0 bridgehead atoms. The molecule has 0 saturated carbocycles. The maximum atomic E-state index is 5.37. The molecule has 3 heteroatoms. The van der Waals surface area contributed by atoms with Gasteiger partial charge in [-0.2, -0.15) is 0 Å². The average Bonchev–Trinajstić information content (AvgIpc) is 3.22. The van der Waals surface area contributed by atoms with Crippen LogP contribution in [0.1, 0.15) is 30.0 Å². The number of allylic oxidation sites excluding steroid dienone is 15. The molecule has 0 unspecified atom stereocenters. The molecule has 2 N–H and O–H groups in total. The summed E-state index contributed by atoms with van der Waals surface area (Å²) >= 11 is 0. The van der Waals surface area contributed by atoms with Crippen molar-refractivity contribution in [1.29, 1.82) is 0 Å². The fraction of sp³-hybridized carbons (Fsp3) is 0.0833. The van der Waals surface area contributed by atoms with Crippen LogP contribution < -0.4 is 15.5 Å². The number of para-hydroxylation sites is 2. The Kier molecular flexibility index (Phi) is 13.0. The molecule has 0 spiro atoms. The molecule has 0 atom stereocenters. The summed E-state index contributed by atoms with van der Waals surface area (Å²) in [4.78, 5) is 4.55. The summed E-state index contributed by atoms with van der Waals surface area (Å²) in [6, 6.07) is 36.6. The van der Waals surface area contributed by atoms with Crippen molar-refractivity contribution < 1.29 is 0 Å². The lowest BCUT2D eigenvalue weighted by molar-refractivity contribution is 1.07. The van der Waals surface area contributed by atoms with Crippen LogP contribution in [-0.4, -0.2) is 0 Å². The summed E-state index contributed by atoms with van der Waals surface area (Å²) in [6.45, 7) is 12.9. The van der Waals surface area contributed by atoms with Gasteiger partial charge in [-0.25, -0.2) is 0 Å². The molecular formula is C48H47N3. The van der Waals surface area contributed by atoms with Crippen molar-refractivity contribution in [2.45, 2.75) is 26.7 Å². The van der Waals surface area contributed by atoms with E-state index in [1.807, 2.05) is 30.4 Å². The smallest absolute Gasteiger partial charge is 0.0493 e. The van der Waals surface area contributed by atoms with E-state index in [2.05, 4.69) is 182 Å². The molecule has 0 radical (unpaired) electrons. The van der Waals surface area contributed by atoms with Crippen molar-refractivity contribution in [3.8, 4) is 0 Å². The van der Waals surface area contributed by atoms with E-state index in [1.54, 1.807) is 6.08 Å². The van der Waals surface area contributed by atoms with E-state index < -0.39 is 0 Å². The second kappa shape index (κ2) is 18.4. The minimum atomic E-state index is 0.755. The highest BCUT2D eigenvalue weighted by molar-refractivity contribution is 5.82. The third-order valence-electron chi connectivity index (χ3n) is 8.63. The molecule has 51 heavy (non-hydrogen) atoms. The van der Waals surface area contributed by atoms with Crippen molar-refractivity contribution in [2.24, 2.45) is 5.73 Å². The Morgan fingerprint density at radius 2 is 1.49 bits per heavy atom. The van der Waals surface area contributed by atoms with Gasteiger partial charge in [0.05, 0.1) is 0 Å². The van der Waals surface area contributed by atoms with Crippen molar-refractivity contribution >= 4 is 28.3 Å². The first kappa shape index (κ1) is 36.0. The largest absolute Gasteiger partial charge is 0.405 e. The second-order valence-corrected chi connectivity index (χ2v) is 12.1. The molecule has 0 amide bonds. The van der Waals surface area contributed by atoms with E-state index in [9.17, 15) is 0 Å². The third kappa shape index (κ3) is 9.44. The summed E-state index contributed by atoms with van der Waals surface area (Å²) < 4.78 is 0. The van der Waals surface area contributed by atoms with Crippen LogP contribution in [0.25, 0.3) is 5.57 Å². The van der Waals surface area contributed by atoms with Gasteiger partial charge in [0.1, 0.15) is 0 Å². The minimum absolute atomic E-state index is 0.755. The van der Waals surface area contributed by atoms with Crippen LogP contribution in [0.15, 0.2) is 218 Å². The number of aryl methyl sites for hydroxylation is 1. The molecule has 1 heterocycles. The maximum Gasteiger partial charge on any atom is 0.0493 e. The zero-order valence-corrected chi connectivity index (χ0v) is 29.7. The molecule has 0 aliphatic carbocycles. The Hall–Kier alpha value is -6.32. The zero-order chi connectivity index (χ0) is 35.8. The van der Waals surface area contributed by atoms with Crippen LogP contribution in [0, 0.1) is 6.92 Å². The lowest BCUT2D eigenvalue weighted by Crippen LogP contribution is -2.21. The number of nitrogens with two attached hydrogens (primary N) is 1. The molecule has 4 aromatic rings. The lowest BCUT2D eigenvalue weighted by Gasteiger charge is -2.29. The predicted molar refractivity (Wildman–Crippen MR) is 222 cm³/mol. The van der Waals surface area contributed by atoms with Gasteiger partial charge in [-0.1, -0.05) is 135 Å². The first-order valence-corrected chi connectivity index (χ1v) is 17.4. The molecule has 4 aromatic carbocycles. The van der Waals surface area contributed by atoms with Gasteiger partial charge >= 0.3 is 0 Å². The molecule has 0 saturated heterocycles. The summed E-state index contributed by atoms with van der Waals surface area (Å²) in [6.07, 6.45) is 29.7. The highest BCUT2D eigenvalue weighted by Gasteiger charge is 2.19. The van der Waals surface area contributed by atoms with Crippen molar-refractivity contribution in [2.75, 3.05) is 9.80 Å². The number of nitrogens with zero attached hydrogens (tertiary/aromatic N) is 2. The zero-order valence-electron chi connectivity index (χ0n) is 29.7. The van der Waals surface area contributed by atoms with Crippen LogP contribution >= 0.6 is 0 Å². The average molecular weight is 666 g/mol. The van der Waals surface area contributed by atoms with Crippen molar-refractivity contribution in [1.82, 2.24) is 0 Å². The monoisotopic (exact) mass is 665 g/mol. The van der Waals surface area contributed by atoms with Gasteiger partial charge in [0.2, 0.25) is 0 Å². The number of hydrogen-bond acceptors (Lipinski definition) is 3. The van der Waals surface area contributed by atoms with Gasteiger partial charge in [0, 0.05) is 34.1 Å². The third-order valence-corrected chi connectivity index (χ3v) is 8.63. The van der Waals surface area contributed by atoms with E-state index in [0.717, 1.165) is 58.1 Å². The molecule has 254 valence electrons. The first-order chi connectivity index (χ1) is 25.0. The molecule has 5 rings (SSSR count). The van der Waals surface area contributed by atoms with Gasteiger partial charge in [-0.3, -0.25) is 0 Å². The van der Waals surface area contributed by atoms with Gasteiger partial charge in [0.15, 0.2) is 0 Å². The Morgan fingerprint density at radius 1 is 0.784 bits per heavy atom. The second-order valence-electron chi connectivity index (χ2n) is 12.1. The van der Waals surface area contributed by atoms with Crippen LogP contribution in [0.4, 0.5) is 22.7 Å². The fourth-order valence-corrected chi connectivity index (χ4v) is 6.08. The van der Waals surface area contributed by atoms with E-state index >= 15 is 0 Å². The minimum Gasteiger partial charge on any atom is -0.405 e. The molecule has 0 fully saturated rings. The van der Waals surface area contributed by atoms with Gasteiger partial charge < -0.3 is 15.5 Å². The standard InChI is InChI=1S/C48H47N3/c1-5-20-48-41(6-2)30-31-42(29-28-39(4)50(48)46-26-19-23-40(37-46)22-13-10-8-7-9-11-18-36-49)43-32-34-45(35-33-43)51(44-24-14-12-15-25-44)47-27-17-16-21-38(47)3/h5-21,23-29,31-37H,1,4,22,30,49H2,2-3H3/b8-7+,11-9-,13-10+,29-28-,36-18-,41-6-,42-31+,48-20+. The van der Waals surface area contributed by atoms with Gasteiger partial charge in [-0.05, 0) is 121 Å². The Bertz CT molecular complexity index is 2050. The van der Waals surface area contributed by atoms with E-state index in [-0.39, 0.29) is 0 Å². The molecule has 0 aromatic heterocycles. The summed E-state index contributed by atoms with van der Waals surface area (Å²) in [5.74, 6) is 0. The molecule has 3 nitrogen and oxygen atoms in total. The fourth-order valence-electron chi connectivity index (χ4n) is 6.08. The van der Waals surface area contributed by atoms with E-state index in [1.165, 1.54) is 22.9 Å². The van der Waals surface area contributed by atoms with Crippen LogP contribution in [0.5, 0.6) is 0 Å². The normalized spacial score (nSPS) is 17.3. The number of rotatable bonds is 11. The first-order valence-electron chi connectivity index (χ1n) is 17.4. The Labute approximate surface area is 304 Å². The lowest BCUT2D eigenvalue weighted by atomic mass is 10.00. The SMILES string of the molecule is C=C/C=C1\C(=C/C)C/C=C(c2ccc(N(c3ccccc3)c3ccccc3C)cc2)\C=C/C(=C)N1c1cccc(C/C=C/C=C/C=C\C=C/N)c1. The molecule has 1 aliphatic heterocycles. The van der Waals surface area contributed by atoms with Crippen LogP contribution in [-0.2, 0) is 6.42 Å².